The summed E-state index contributed by atoms with van der Waals surface area (Å²) >= 11 is 0. The molecule has 0 aromatic heterocycles. The van der Waals surface area contributed by atoms with E-state index >= 15 is 0 Å². The van der Waals surface area contributed by atoms with Gasteiger partial charge in [-0.3, -0.25) is 0 Å². The Hall–Kier alpha value is -2.77. The summed E-state index contributed by atoms with van der Waals surface area (Å²) in [6.45, 7) is 3.60. The third-order valence-electron chi connectivity index (χ3n) is 2.47. The van der Waals surface area contributed by atoms with E-state index in [0.29, 0.717) is 11.3 Å². The first-order chi connectivity index (χ1) is 8.04. The first kappa shape index (κ1) is 12.3. The number of nitriles is 3. The van der Waals surface area contributed by atoms with Crippen molar-refractivity contribution in [3.63, 3.8) is 0 Å². The molecule has 0 aliphatic rings. The Labute approximate surface area is 99.8 Å². The van der Waals surface area contributed by atoms with Gasteiger partial charge in [-0.05, 0) is 42.7 Å². The van der Waals surface area contributed by atoms with E-state index in [1.165, 1.54) is 0 Å². The molecule has 0 amide bonds. The van der Waals surface area contributed by atoms with E-state index in [4.69, 9.17) is 21.5 Å². The lowest BCUT2D eigenvalue weighted by Crippen LogP contribution is -1.96. The van der Waals surface area contributed by atoms with Crippen LogP contribution in [0.5, 0.6) is 0 Å². The maximum Gasteiger partial charge on any atom is 0.148 e. The fourth-order valence-electron chi connectivity index (χ4n) is 1.50. The smallest absolute Gasteiger partial charge is 0.148 e. The molecule has 82 valence electrons. The summed E-state index contributed by atoms with van der Waals surface area (Å²) in [5, 5.41) is 26.7. The number of hydrogen-bond donors (Lipinski definition) is 1. The molecule has 0 heterocycles. The summed E-state index contributed by atoms with van der Waals surface area (Å²) in [4.78, 5) is 0. The number of nitrogens with two attached hydrogens (primary N) is 1. The Morgan fingerprint density at radius 1 is 1.00 bits per heavy atom. The molecule has 0 bridgehead atoms. The van der Waals surface area contributed by atoms with Crippen molar-refractivity contribution in [3.8, 4) is 18.2 Å². The Morgan fingerprint density at radius 3 is 2.06 bits per heavy atom. The van der Waals surface area contributed by atoms with Gasteiger partial charge in [-0.2, -0.15) is 15.8 Å². The van der Waals surface area contributed by atoms with Gasteiger partial charge < -0.3 is 5.73 Å². The van der Waals surface area contributed by atoms with Crippen molar-refractivity contribution < 1.29 is 0 Å². The average Bonchev–Trinajstić information content (AvgIpc) is 2.31. The highest BCUT2D eigenvalue weighted by molar-refractivity contribution is 5.86. The lowest BCUT2D eigenvalue weighted by atomic mass is 9.95. The zero-order chi connectivity index (χ0) is 13.0. The lowest BCUT2D eigenvalue weighted by molar-refractivity contribution is 1.36. The van der Waals surface area contributed by atoms with Gasteiger partial charge in [-0.1, -0.05) is 0 Å². The van der Waals surface area contributed by atoms with Gasteiger partial charge in [0.1, 0.15) is 23.8 Å². The Kier molecular flexibility index (Phi) is 3.50. The predicted molar refractivity (Wildman–Crippen MR) is 64.1 cm³/mol. The molecule has 0 aliphatic carbocycles. The standard InChI is InChI=1S/C13H10N4/c1-8-4-13(17)9(2)3-11(8)12(7-16)10(5-14)6-15/h3-4H,17H2,1-2H3. The summed E-state index contributed by atoms with van der Waals surface area (Å²) in [5.74, 6) is 0. The van der Waals surface area contributed by atoms with E-state index in [9.17, 15) is 0 Å². The molecule has 0 saturated carbocycles. The Balaban J connectivity index is 3.62. The third kappa shape index (κ3) is 2.25. The zero-order valence-electron chi connectivity index (χ0n) is 9.57. The molecule has 0 radical (unpaired) electrons. The van der Waals surface area contributed by atoms with Crippen LogP contribution in [0.3, 0.4) is 0 Å². The number of nitrogen functional groups attached to an aromatic ring is 1. The summed E-state index contributed by atoms with van der Waals surface area (Å²) < 4.78 is 0. The first-order valence-corrected chi connectivity index (χ1v) is 4.86. The molecular formula is C13H10N4. The molecule has 4 nitrogen and oxygen atoms in total. The molecule has 0 fully saturated rings. The normalized spacial score (nSPS) is 8.65. The number of hydrogen-bond acceptors (Lipinski definition) is 4. The minimum Gasteiger partial charge on any atom is -0.399 e. The van der Waals surface area contributed by atoms with Crippen molar-refractivity contribution in [1.29, 1.82) is 15.8 Å². The second-order valence-electron chi connectivity index (χ2n) is 3.61. The van der Waals surface area contributed by atoms with Crippen LogP contribution in [0.25, 0.3) is 5.57 Å². The number of benzene rings is 1. The van der Waals surface area contributed by atoms with Gasteiger partial charge in [0.15, 0.2) is 0 Å². The van der Waals surface area contributed by atoms with E-state index in [2.05, 4.69) is 0 Å². The van der Waals surface area contributed by atoms with Crippen molar-refractivity contribution in [2.75, 3.05) is 5.73 Å². The third-order valence-corrected chi connectivity index (χ3v) is 2.47. The SMILES string of the molecule is Cc1cc(C(C#N)=C(C#N)C#N)c(C)cc1N. The number of aryl methyl sites for hydroxylation is 2. The van der Waals surface area contributed by atoms with Gasteiger partial charge >= 0.3 is 0 Å². The second-order valence-corrected chi connectivity index (χ2v) is 3.61. The van der Waals surface area contributed by atoms with E-state index < -0.39 is 0 Å². The lowest BCUT2D eigenvalue weighted by Gasteiger charge is -2.08. The van der Waals surface area contributed by atoms with Crippen LogP contribution in [-0.2, 0) is 0 Å². The second kappa shape index (κ2) is 4.84. The van der Waals surface area contributed by atoms with Crippen LogP contribution < -0.4 is 5.73 Å². The highest BCUT2D eigenvalue weighted by atomic mass is 14.6. The number of nitrogens with zero attached hydrogens (tertiary/aromatic N) is 3. The van der Waals surface area contributed by atoms with Gasteiger partial charge in [0.2, 0.25) is 0 Å². The Bertz CT molecular complexity index is 603. The number of allylic oxidation sites excluding steroid dienone is 2. The maximum absolute atomic E-state index is 9.06. The average molecular weight is 222 g/mol. The molecule has 0 atom stereocenters. The van der Waals surface area contributed by atoms with Crippen molar-refractivity contribution in [1.82, 2.24) is 0 Å². The van der Waals surface area contributed by atoms with Gasteiger partial charge in [-0.25, -0.2) is 0 Å². The van der Waals surface area contributed by atoms with Gasteiger partial charge in [-0.15, -0.1) is 0 Å². The van der Waals surface area contributed by atoms with Crippen LogP contribution in [0.4, 0.5) is 5.69 Å². The number of rotatable bonds is 1. The Morgan fingerprint density at radius 2 is 1.59 bits per heavy atom. The molecule has 1 aromatic carbocycles. The predicted octanol–water partition coefficient (Wildman–Crippen LogP) is 2.21. The first-order valence-electron chi connectivity index (χ1n) is 4.86. The fraction of sp³-hybridized carbons (Fsp3) is 0.154. The summed E-state index contributed by atoms with van der Waals surface area (Å²) in [5.41, 5.74) is 8.45. The molecule has 17 heavy (non-hydrogen) atoms. The minimum absolute atomic E-state index is 0.0931. The van der Waals surface area contributed by atoms with Crippen LogP contribution in [-0.4, -0.2) is 0 Å². The molecule has 0 aliphatic heterocycles. The van der Waals surface area contributed by atoms with Crippen molar-refractivity contribution in [3.05, 3.63) is 34.4 Å². The molecule has 1 rings (SSSR count). The summed E-state index contributed by atoms with van der Waals surface area (Å²) in [7, 11) is 0. The minimum atomic E-state index is -0.181. The molecule has 0 saturated heterocycles. The largest absolute Gasteiger partial charge is 0.399 e. The topological polar surface area (TPSA) is 97.4 Å². The molecule has 0 spiro atoms. The van der Waals surface area contributed by atoms with E-state index in [1.54, 1.807) is 31.2 Å². The summed E-state index contributed by atoms with van der Waals surface area (Å²) in [6, 6.07) is 8.81. The zero-order valence-corrected chi connectivity index (χ0v) is 9.57. The van der Waals surface area contributed by atoms with Crippen LogP contribution in [0, 0.1) is 47.8 Å². The molecule has 2 N–H and O–H groups in total. The summed E-state index contributed by atoms with van der Waals surface area (Å²) in [6.07, 6.45) is 0. The van der Waals surface area contributed by atoms with E-state index in [0.717, 1.165) is 11.1 Å². The maximum atomic E-state index is 9.06. The highest BCUT2D eigenvalue weighted by Gasteiger charge is 2.12. The van der Waals surface area contributed by atoms with Gasteiger partial charge in [0, 0.05) is 5.69 Å². The highest BCUT2D eigenvalue weighted by Crippen LogP contribution is 2.25. The van der Waals surface area contributed by atoms with Crippen molar-refractivity contribution >= 4 is 11.3 Å². The van der Waals surface area contributed by atoms with Crippen LogP contribution in [0.1, 0.15) is 16.7 Å². The van der Waals surface area contributed by atoms with Crippen LogP contribution in [0.2, 0.25) is 0 Å². The van der Waals surface area contributed by atoms with Crippen LogP contribution >= 0.6 is 0 Å². The van der Waals surface area contributed by atoms with E-state index in [-0.39, 0.29) is 11.1 Å². The number of anilines is 1. The van der Waals surface area contributed by atoms with Crippen molar-refractivity contribution in [2.45, 2.75) is 13.8 Å². The quantitative estimate of drug-likeness (QED) is 0.581. The van der Waals surface area contributed by atoms with Gasteiger partial charge in [0.25, 0.3) is 0 Å². The van der Waals surface area contributed by atoms with Gasteiger partial charge in [0.05, 0.1) is 5.57 Å². The monoisotopic (exact) mass is 222 g/mol. The van der Waals surface area contributed by atoms with Crippen molar-refractivity contribution in [2.24, 2.45) is 0 Å². The fourth-order valence-corrected chi connectivity index (χ4v) is 1.50. The van der Waals surface area contributed by atoms with Crippen LogP contribution in [0.15, 0.2) is 17.7 Å². The molecular weight excluding hydrogens is 212 g/mol. The molecule has 4 heteroatoms. The molecule has 0 unspecified atom stereocenters. The van der Waals surface area contributed by atoms with E-state index in [1.807, 2.05) is 13.0 Å². The molecule has 1 aromatic rings.